The van der Waals surface area contributed by atoms with Gasteiger partial charge in [-0.3, -0.25) is 4.79 Å². The Bertz CT molecular complexity index is 450. The average Bonchev–Trinajstić information content (AvgIpc) is 2.45. The number of carbonyl (C=O) groups is 1. The molecule has 1 amide bonds. The summed E-state index contributed by atoms with van der Waals surface area (Å²) >= 11 is 0. The number of halogens is 1. The number of amides is 1. The Morgan fingerprint density at radius 2 is 2.15 bits per heavy atom. The van der Waals surface area contributed by atoms with Crippen LogP contribution in [0.25, 0.3) is 0 Å². The van der Waals surface area contributed by atoms with E-state index in [2.05, 4.69) is 5.32 Å². The molecule has 1 aliphatic carbocycles. The fourth-order valence-electron chi connectivity index (χ4n) is 2.74. The standard InChI is InChI=1S/C16H22FNO2/c17-15-9-2-1-5-12(15)7-4-10-18-16(20)13-6-3-8-14(19)11-13/h1-2,5,9,13-14,19H,3-4,6-8,10-11H2,(H,18,20)/t13-,14+/m1/s1. The quantitative estimate of drug-likeness (QED) is 0.813. The van der Waals surface area contributed by atoms with Gasteiger partial charge in [-0.15, -0.1) is 0 Å². The second kappa shape index (κ2) is 7.39. The van der Waals surface area contributed by atoms with E-state index in [9.17, 15) is 14.3 Å². The Morgan fingerprint density at radius 3 is 2.90 bits per heavy atom. The number of hydrogen-bond donors (Lipinski definition) is 2. The molecule has 3 nitrogen and oxygen atoms in total. The summed E-state index contributed by atoms with van der Waals surface area (Å²) < 4.78 is 13.4. The molecule has 4 heteroatoms. The maximum Gasteiger partial charge on any atom is 0.223 e. The van der Waals surface area contributed by atoms with Gasteiger partial charge in [0.1, 0.15) is 5.82 Å². The van der Waals surface area contributed by atoms with Crippen molar-refractivity contribution < 1.29 is 14.3 Å². The van der Waals surface area contributed by atoms with E-state index in [0.29, 0.717) is 24.9 Å². The monoisotopic (exact) mass is 279 g/mol. The number of carbonyl (C=O) groups excluding carboxylic acids is 1. The molecule has 20 heavy (non-hydrogen) atoms. The number of aliphatic hydroxyl groups is 1. The van der Waals surface area contributed by atoms with E-state index in [4.69, 9.17) is 0 Å². The molecule has 0 radical (unpaired) electrons. The van der Waals surface area contributed by atoms with E-state index >= 15 is 0 Å². The van der Waals surface area contributed by atoms with Crippen molar-refractivity contribution in [2.24, 2.45) is 5.92 Å². The smallest absolute Gasteiger partial charge is 0.223 e. The predicted octanol–water partition coefficient (Wildman–Crippen LogP) is 2.43. The number of aryl methyl sites for hydroxylation is 1. The van der Waals surface area contributed by atoms with Crippen LogP contribution in [0.15, 0.2) is 24.3 Å². The van der Waals surface area contributed by atoms with E-state index in [1.165, 1.54) is 6.07 Å². The normalized spacial score (nSPS) is 22.5. The Hall–Kier alpha value is -1.42. The fraction of sp³-hybridized carbons (Fsp3) is 0.562. The highest BCUT2D eigenvalue weighted by Gasteiger charge is 2.25. The molecule has 0 aromatic heterocycles. The summed E-state index contributed by atoms with van der Waals surface area (Å²) in [6.45, 7) is 0.555. The fourth-order valence-corrected chi connectivity index (χ4v) is 2.74. The van der Waals surface area contributed by atoms with E-state index in [1.54, 1.807) is 12.1 Å². The number of rotatable bonds is 5. The van der Waals surface area contributed by atoms with Crippen molar-refractivity contribution in [3.05, 3.63) is 35.6 Å². The summed E-state index contributed by atoms with van der Waals surface area (Å²) in [7, 11) is 0. The van der Waals surface area contributed by atoms with Crippen LogP contribution in [-0.4, -0.2) is 23.7 Å². The lowest BCUT2D eigenvalue weighted by atomic mass is 9.86. The number of hydrogen-bond acceptors (Lipinski definition) is 2. The molecular formula is C16H22FNO2. The van der Waals surface area contributed by atoms with Crippen LogP contribution in [0.1, 0.15) is 37.7 Å². The van der Waals surface area contributed by atoms with Gasteiger partial charge in [-0.2, -0.15) is 0 Å². The molecule has 0 heterocycles. The highest BCUT2D eigenvalue weighted by molar-refractivity contribution is 5.78. The third-order valence-corrected chi connectivity index (χ3v) is 3.90. The topological polar surface area (TPSA) is 49.3 Å². The second-order valence-corrected chi connectivity index (χ2v) is 5.50. The minimum atomic E-state index is -0.335. The number of nitrogens with one attached hydrogen (secondary N) is 1. The van der Waals surface area contributed by atoms with Crippen LogP contribution >= 0.6 is 0 Å². The van der Waals surface area contributed by atoms with Gasteiger partial charge in [-0.05, 0) is 43.7 Å². The molecule has 2 N–H and O–H groups in total. The van der Waals surface area contributed by atoms with Crippen LogP contribution in [0, 0.1) is 11.7 Å². The third kappa shape index (κ3) is 4.30. The predicted molar refractivity (Wildman–Crippen MR) is 75.7 cm³/mol. The third-order valence-electron chi connectivity index (χ3n) is 3.90. The van der Waals surface area contributed by atoms with Crippen LogP contribution < -0.4 is 5.32 Å². The van der Waals surface area contributed by atoms with Gasteiger partial charge in [0.05, 0.1) is 6.10 Å². The van der Waals surface area contributed by atoms with Crippen molar-refractivity contribution in [2.45, 2.75) is 44.6 Å². The van der Waals surface area contributed by atoms with Crippen LogP contribution in [0.3, 0.4) is 0 Å². The highest BCUT2D eigenvalue weighted by Crippen LogP contribution is 2.24. The van der Waals surface area contributed by atoms with Gasteiger partial charge in [0, 0.05) is 12.5 Å². The Balaban J connectivity index is 1.68. The first-order valence-electron chi connectivity index (χ1n) is 7.36. The van der Waals surface area contributed by atoms with Gasteiger partial charge in [0.25, 0.3) is 0 Å². The maximum atomic E-state index is 13.4. The van der Waals surface area contributed by atoms with E-state index in [-0.39, 0.29) is 23.7 Å². The zero-order valence-electron chi connectivity index (χ0n) is 11.6. The molecule has 0 unspecified atom stereocenters. The molecule has 1 fully saturated rings. The Morgan fingerprint density at radius 1 is 1.35 bits per heavy atom. The Labute approximate surface area is 119 Å². The van der Waals surface area contributed by atoms with Gasteiger partial charge >= 0.3 is 0 Å². The summed E-state index contributed by atoms with van der Waals surface area (Å²) in [5.74, 6) is -0.223. The van der Waals surface area contributed by atoms with E-state index in [1.807, 2.05) is 6.07 Å². The van der Waals surface area contributed by atoms with Gasteiger partial charge in [0.2, 0.25) is 5.91 Å². The first kappa shape index (κ1) is 15.0. The summed E-state index contributed by atoms with van der Waals surface area (Å²) in [6.07, 6.45) is 4.15. The SMILES string of the molecule is O=C(NCCCc1ccccc1F)[C@@H]1CCC[C@H](O)C1. The number of aliphatic hydroxyl groups excluding tert-OH is 1. The molecular weight excluding hydrogens is 257 g/mol. The van der Waals surface area contributed by atoms with Crippen LogP contribution in [-0.2, 0) is 11.2 Å². The Kier molecular flexibility index (Phi) is 5.53. The molecule has 1 aliphatic rings. The molecule has 1 aromatic rings. The first-order valence-corrected chi connectivity index (χ1v) is 7.36. The summed E-state index contributed by atoms with van der Waals surface area (Å²) in [5, 5.41) is 12.4. The zero-order chi connectivity index (χ0) is 14.4. The molecule has 2 rings (SSSR count). The highest BCUT2D eigenvalue weighted by atomic mass is 19.1. The van der Waals surface area contributed by atoms with E-state index < -0.39 is 0 Å². The average molecular weight is 279 g/mol. The molecule has 0 bridgehead atoms. The molecule has 0 aliphatic heterocycles. The van der Waals surface area contributed by atoms with Crippen molar-refractivity contribution in [2.75, 3.05) is 6.54 Å². The minimum Gasteiger partial charge on any atom is -0.393 e. The molecule has 1 aromatic carbocycles. The van der Waals surface area contributed by atoms with Crippen LogP contribution in [0.4, 0.5) is 4.39 Å². The summed E-state index contributed by atoms with van der Waals surface area (Å²) in [6, 6.07) is 6.72. The lowest BCUT2D eigenvalue weighted by Gasteiger charge is -2.24. The van der Waals surface area contributed by atoms with Crippen LogP contribution in [0.5, 0.6) is 0 Å². The second-order valence-electron chi connectivity index (χ2n) is 5.50. The molecule has 1 saturated carbocycles. The van der Waals surface area contributed by atoms with Gasteiger partial charge in [-0.1, -0.05) is 24.6 Å². The zero-order valence-corrected chi connectivity index (χ0v) is 11.6. The molecule has 110 valence electrons. The van der Waals surface area contributed by atoms with Crippen molar-refractivity contribution in [1.82, 2.24) is 5.32 Å². The lowest BCUT2D eigenvalue weighted by molar-refractivity contribution is -0.127. The molecule has 0 spiro atoms. The van der Waals surface area contributed by atoms with Crippen LogP contribution in [0.2, 0.25) is 0 Å². The summed E-state index contributed by atoms with van der Waals surface area (Å²) in [4.78, 5) is 11.9. The largest absolute Gasteiger partial charge is 0.393 e. The molecule has 2 atom stereocenters. The lowest BCUT2D eigenvalue weighted by Crippen LogP contribution is -2.35. The molecule has 0 saturated heterocycles. The number of benzene rings is 1. The van der Waals surface area contributed by atoms with Gasteiger partial charge in [0.15, 0.2) is 0 Å². The summed E-state index contributed by atoms with van der Waals surface area (Å²) in [5.41, 5.74) is 0.690. The van der Waals surface area contributed by atoms with E-state index in [0.717, 1.165) is 25.7 Å². The van der Waals surface area contributed by atoms with Gasteiger partial charge in [-0.25, -0.2) is 4.39 Å². The van der Waals surface area contributed by atoms with Gasteiger partial charge < -0.3 is 10.4 Å². The van der Waals surface area contributed by atoms with Crippen molar-refractivity contribution in [1.29, 1.82) is 0 Å². The maximum absolute atomic E-state index is 13.4. The van der Waals surface area contributed by atoms with Crippen molar-refractivity contribution in [3.8, 4) is 0 Å². The van der Waals surface area contributed by atoms with Crippen molar-refractivity contribution >= 4 is 5.91 Å². The first-order chi connectivity index (χ1) is 9.66. The minimum absolute atomic E-state index is 0.0253. The van der Waals surface area contributed by atoms with Crippen molar-refractivity contribution in [3.63, 3.8) is 0 Å².